The van der Waals surface area contributed by atoms with Crippen molar-refractivity contribution >= 4 is 12.4 Å². The first-order chi connectivity index (χ1) is 12.7. The summed E-state index contributed by atoms with van der Waals surface area (Å²) in [4.78, 5) is 25.9. The van der Waals surface area contributed by atoms with E-state index < -0.39 is 11.5 Å². The molecular formula is C20H19NO5. The molecule has 26 heavy (non-hydrogen) atoms. The first kappa shape index (κ1) is 16.4. The number of rotatable bonds is 4. The van der Waals surface area contributed by atoms with Gasteiger partial charge in [0.15, 0.2) is 11.5 Å². The van der Waals surface area contributed by atoms with Gasteiger partial charge in [-0.25, -0.2) is 4.79 Å². The minimum absolute atomic E-state index is 0.185. The molecule has 2 aliphatic heterocycles. The van der Waals surface area contributed by atoms with Crippen LogP contribution in [0.25, 0.3) is 0 Å². The summed E-state index contributed by atoms with van der Waals surface area (Å²) in [5.41, 5.74) is 1.01. The zero-order valence-corrected chi connectivity index (χ0v) is 14.2. The Balaban J connectivity index is 1.45. The van der Waals surface area contributed by atoms with Gasteiger partial charge in [-0.05, 0) is 29.7 Å². The summed E-state index contributed by atoms with van der Waals surface area (Å²) >= 11 is 0. The Labute approximate surface area is 151 Å². The quantitative estimate of drug-likeness (QED) is 0.791. The number of aldehydes is 1. The number of likely N-dealkylation sites (tertiary alicyclic amines) is 1. The van der Waals surface area contributed by atoms with Gasteiger partial charge in [0, 0.05) is 13.1 Å². The second-order valence-corrected chi connectivity index (χ2v) is 6.55. The first-order valence-corrected chi connectivity index (χ1v) is 8.52. The van der Waals surface area contributed by atoms with Crippen molar-refractivity contribution < 1.29 is 23.8 Å². The predicted molar refractivity (Wildman–Crippen MR) is 93.1 cm³/mol. The fraction of sp³-hybridized carbons (Fsp3) is 0.300. The topological polar surface area (TPSA) is 65.1 Å². The third-order valence-corrected chi connectivity index (χ3v) is 4.94. The maximum Gasteiger partial charge on any atom is 0.410 e. The van der Waals surface area contributed by atoms with Gasteiger partial charge >= 0.3 is 6.09 Å². The maximum atomic E-state index is 12.4. The molecule has 6 heteroatoms. The summed E-state index contributed by atoms with van der Waals surface area (Å²) in [7, 11) is 0. The zero-order valence-electron chi connectivity index (χ0n) is 14.2. The van der Waals surface area contributed by atoms with E-state index in [2.05, 4.69) is 0 Å². The Morgan fingerprint density at radius 3 is 2.77 bits per heavy atom. The van der Waals surface area contributed by atoms with E-state index in [0.29, 0.717) is 31.0 Å². The maximum absolute atomic E-state index is 12.4. The normalized spacial score (nSPS) is 20.8. The number of carbonyl (C=O) groups excluding carboxylic acids is 2. The molecule has 1 fully saturated rings. The molecular weight excluding hydrogens is 334 g/mol. The molecule has 0 saturated carbocycles. The summed E-state index contributed by atoms with van der Waals surface area (Å²) in [6.45, 7) is 1.17. The Morgan fingerprint density at radius 2 is 1.96 bits per heavy atom. The number of hydrogen-bond acceptors (Lipinski definition) is 5. The average molecular weight is 353 g/mol. The van der Waals surface area contributed by atoms with Crippen molar-refractivity contribution in [3.05, 3.63) is 59.7 Å². The lowest BCUT2D eigenvalue weighted by atomic mass is 9.81. The molecule has 2 heterocycles. The van der Waals surface area contributed by atoms with Crippen molar-refractivity contribution in [2.75, 3.05) is 19.9 Å². The Bertz CT molecular complexity index is 822. The molecule has 1 saturated heterocycles. The smallest absolute Gasteiger partial charge is 0.410 e. The van der Waals surface area contributed by atoms with E-state index in [4.69, 9.17) is 14.2 Å². The van der Waals surface area contributed by atoms with Crippen molar-refractivity contribution in [2.24, 2.45) is 0 Å². The highest BCUT2D eigenvalue weighted by Crippen LogP contribution is 2.39. The molecule has 1 atom stereocenters. The van der Waals surface area contributed by atoms with Crippen LogP contribution in [0, 0.1) is 0 Å². The summed E-state index contributed by atoms with van der Waals surface area (Å²) in [6, 6.07) is 15.0. The van der Waals surface area contributed by atoms with Crippen LogP contribution in [0.1, 0.15) is 17.5 Å². The van der Waals surface area contributed by atoms with E-state index in [1.807, 2.05) is 42.5 Å². The molecule has 6 nitrogen and oxygen atoms in total. The Morgan fingerprint density at radius 1 is 1.15 bits per heavy atom. The van der Waals surface area contributed by atoms with E-state index in [-0.39, 0.29) is 13.4 Å². The molecule has 0 bridgehead atoms. The van der Waals surface area contributed by atoms with Gasteiger partial charge in [0.2, 0.25) is 6.79 Å². The first-order valence-electron chi connectivity index (χ1n) is 8.52. The second kappa shape index (κ2) is 6.71. The van der Waals surface area contributed by atoms with Crippen molar-refractivity contribution in [1.82, 2.24) is 4.90 Å². The van der Waals surface area contributed by atoms with E-state index >= 15 is 0 Å². The number of amides is 1. The molecule has 2 aromatic carbocycles. The molecule has 0 spiro atoms. The highest BCUT2D eigenvalue weighted by atomic mass is 16.7. The van der Waals surface area contributed by atoms with Crippen LogP contribution >= 0.6 is 0 Å². The SMILES string of the molecule is O=CC1(c2ccc3c(c2)OCO3)CCN(C(=O)OCc2ccccc2)C1. The third-order valence-electron chi connectivity index (χ3n) is 4.94. The standard InChI is InChI=1S/C20H19NO5/c22-13-20(16-6-7-17-18(10-16)26-14-25-17)8-9-21(12-20)19(23)24-11-15-4-2-1-3-5-15/h1-7,10,13H,8-9,11-12,14H2. The van der Waals surface area contributed by atoms with Gasteiger partial charge in [0.25, 0.3) is 0 Å². The fourth-order valence-electron chi connectivity index (χ4n) is 3.41. The van der Waals surface area contributed by atoms with Crippen LogP contribution in [0.15, 0.2) is 48.5 Å². The number of carbonyl (C=O) groups is 2. The van der Waals surface area contributed by atoms with Gasteiger partial charge in [-0.3, -0.25) is 0 Å². The number of ether oxygens (including phenoxy) is 3. The molecule has 0 aliphatic carbocycles. The monoisotopic (exact) mass is 353 g/mol. The summed E-state index contributed by atoms with van der Waals surface area (Å²) in [5.74, 6) is 1.31. The van der Waals surface area contributed by atoms with Crippen LogP contribution in [0.3, 0.4) is 0 Å². The molecule has 1 amide bonds. The fourth-order valence-corrected chi connectivity index (χ4v) is 3.41. The lowest BCUT2D eigenvalue weighted by molar-refractivity contribution is -0.112. The van der Waals surface area contributed by atoms with Gasteiger partial charge in [0.1, 0.15) is 12.9 Å². The zero-order chi connectivity index (χ0) is 18.0. The van der Waals surface area contributed by atoms with Crippen LogP contribution in [0.5, 0.6) is 11.5 Å². The van der Waals surface area contributed by atoms with Gasteiger partial charge in [-0.2, -0.15) is 0 Å². The van der Waals surface area contributed by atoms with Crippen LogP contribution in [0.2, 0.25) is 0 Å². The molecule has 1 unspecified atom stereocenters. The van der Waals surface area contributed by atoms with Crippen LogP contribution in [-0.4, -0.2) is 37.2 Å². The number of benzene rings is 2. The molecule has 2 aromatic rings. The van der Waals surface area contributed by atoms with Gasteiger partial charge in [0.05, 0.1) is 5.41 Å². The van der Waals surface area contributed by atoms with Crippen LogP contribution in [0.4, 0.5) is 4.79 Å². The van der Waals surface area contributed by atoms with Crippen LogP contribution < -0.4 is 9.47 Å². The lowest BCUT2D eigenvalue weighted by Gasteiger charge is -2.23. The van der Waals surface area contributed by atoms with E-state index in [1.54, 1.807) is 11.0 Å². The minimum atomic E-state index is -0.743. The largest absolute Gasteiger partial charge is 0.454 e. The van der Waals surface area contributed by atoms with Crippen molar-refractivity contribution in [3.8, 4) is 11.5 Å². The van der Waals surface area contributed by atoms with E-state index in [9.17, 15) is 9.59 Å². The predicted octanol–water partition coefficient (Wildman–Crippen LogP) is 2.89. The minimum Gasteiger partial charge on any atom is -0.454 e. The van der Waals surface area contributed by atoms with Crippen molar-refractivity contribution in [1.29, 1.82) is 0 Å². The summed E-state index contributed by atoms with van der Waals surface area (Å²) < 4.78 is 16.1. The Kier molecular flexibility index (Phi) is 4.24. The molecule has 0 radical (unpaired) electrons. The highest BCUT2D eigenvalue weighted by molar-refractivity contribution is 5.75. The van der Waals surface area contributed by atoms with E-state index in [1.165, 1.54) is 0 Å². The summed E-state index contributed by atoms with van der Waals surface area (Å²) in [6.07, 6.45) is 1.07. The average Bonchev–Trinajstić information content (AvgIpc) is 3.34. The van der Waals surface area contributed by atoms with Gasteiger partial charge in [-0.1, -0.05) is 36.4 Å². The van der Waals surface area contributed by atoms with E-state index in [0.717, 1.165) is 17.4 Å². The second-order valence-electron chi connectivity index (χ2n) is 6.55. The van der Waals surface area contributed by atoms with Crippen molar-refractivity contribution in [2.45, 2.75) is 18.4 Å². The number of fused-ring (bicyclic) bond motifs is 1. The van der Waals surface area contributed by atoms with Crippen LogP contribution in [-0.2, 0) is 21.6 Å². The molecule has 2 aliphatic rings. The molecule has 4 rings (SSSR count). The number of hydrogen-bond donors (Lipinski definition) is 0. The van der Waals surface area contributed by atoms with Gasteiger partial charge < -0.3 is 23.9 Å². The Hall–Kier alpha value is -3.02. The third kappa shape index (κ3) is 2.98. The molecule has 134 valence electrons. The van der Waals surface area contributed by atoms with Gasteiger partial charge in [-0.15, -0.1) is 0 Å². The molecule has 0 N–H and O–H groups in total. The number of nitrogens with zero attached hydrogens (tertiary/aromatic N) is 1. The molecule has 0 aromatic heterocycles. The lowest BCUT2D eigenvalue weighted by Crippen LogP contribution is -2.35. The summed E-state index contributed by atoms with van der Waals surface area (Å²) in [5, 5.41) is 0. The highest BCUT2D eigenvalue weighted by Gasteiger charge is 2.42. The van der Waals surface area contributed by atoms with Crippen molar-refractivity contribution in [3.63, 3.8) is 0 Å².